The van der Waals surface area contributed by atoms with Crippen molar-refractivity contribution in [2.45, 2.75) is 96.1 Å². The summed E-state index contributed by atoms with van der Waals surface area (Å²) < 4.78 is 0. The number of aliphatic carboxylic acids is 1. The fourth-order valence-corrected chi connectivity index (χ4v) is 5.59. The molecule has 2 heterocycles. The molecular formula is C34H44N4O4. The molecule has 0 saturated heterocycles. The van der Waals surface area contributed by atoms with Crippen molar-refractivity contribution in [2.75, 3.05) is 0 Å². The van der Waals surface area contributed by atoms with Crippen molar-refractivity contribution in [3.8, 4) is 0 Å². The Kier molecular flexibility index (Phi) is 11.6. The van der Waals surface area contributed by atoms with Gasteiger partial charge in [-0.2, -0.15) is 0 Å². The molecule has 5 N–H and O–H groups in total. The molecule has 4 aromatic rings. The number of rotatable bonds is 18. The highest BCUT2D eigenvalue weighted by atomic mass is 16.4. The Morgan fingerprint density at radius 2 is 1.19 bits per heavy atom. The van der Waals surface area contributed by atoms with E-state index in [-0.39, 0.29) is 18.7 Å². The maximum absolute atomic E-state index is 13.6. The van der Waals surface area contributed by atoms with Crippen LogP contribution in [0.4, 0.5) is 0 Å². The molecule has 0 aliphatic heterocycles. The molecular weight excluding hydrogens is 528 g/mol. The van der Waals surface area contributed by atoms with E-state index in [2.05, 4.69) is 27.5 Å². The van der Waals surface area contributed by atoms with Crippen LogP contribution in [0.3, 0.4) is 0 Å². The molecule has 0 spiro atoms. The molecule has 42 heavy (non-hydrogen) atoms. The molecule has 0 aliphatic carbocycles. The van der Waals surface area contributed by atoms with Crippen molar-refractivity contribution >= 4 is 39.6 Å². The van der Waals surface area contributed by atoms with Crippen LogP contribution in [0.15, 0.2) is 60.9 Å². The Balaban J connectivity index is 1.38. The molecule has 0 aliphatic rings. The molecule has 2 aromatic carbocycles. The number of benzene rings is 2. The fourth-order valence-electron chi connectivity index (χ4n) is 5.59. The van der Waals surface area contributed by atoms with Gasteiger partial charge in [0.1, 0.15) is 12.1 Å². The summed E-state index contributed by atoms with van der Waals surface area (Å²) >= 11 is 0. The summed E-state index contributed by atoms with van der Waals surface area (Å²) in [6.45, 7) is 2.22. The maximum Gasteiger partial charge on any atom is 0.326 e. The minimum Gasteiger partial charge on any atom is -0.480 e. The number of hydrogen-bond acceptors (Lipinski definition) is 3. The van der Waals surface area contributed by atoms with E-state index >= 15 is 0 Å². The largest absolute Gasteiger partial charge is 0.480 e. The first kappa shape index (κ1) is 30.9. The molecule has 2 atom stereocenters. The van der Waals surface area contributed by atoms with E-state index < -0.39 is 24.0 Å². The van der Waals surface area contributed by atoms with Crippen molar-refractivity contribution in [1.29, 1.82) is 0 Å². The van der Waals surface area contributed by atoms with Gasteiger partial charge in [0.05, 0.1) is 0 Å². The predicted molar refractivity (Wildman–Crippen MR) is 167 cm³/mol. The fraction of sp³-hybridized carbons (Fsp3) is 0.441. The highest BCUT2D eigenvalue weighted by molar-refractivity contribution is 5.92. The zero-order valence-electron chi connectivity index (χ0n) is 24.6. The van der Waals surface area contributed by atoms with E-state index in [9.17, 15) is 19.5 Å². The Labute approximate surface area is 247 Å². The number of amides is 2. The van der Waals surface area contributed by atoms with Gasteiger partial charge in [-0.25, -0.2) is 4.79 Å². The van der Waals surface area contributed by atoms with Gasteiger partial charge in [-0.3, -0.25) is 9.59 Å². The predicted octanol–water partition coefficient (Wildman–Crippen LogP) is 6.41. The summed E-state index contributed by atoms with van der Waals surface area (Å²) in [4.78, 5) is 45.1. The van der Waals surface area contributed by atoms with Gasteiger partial charge in [0, 0.05) is 53.5 Å². The average molecular weight is 573 g/mol. The number of para-hydroxylation sites is 2. The van der Waals surface area contributed by atoms with E-state index in [0.717, 1.165) is 52.2 Å². The smallest absolute Gasteiger partial charge is 0.326 e. The Morgan fingerprint density at radius 3 is 1.74 bits per heavy atom. The zero-order valence-corrected chi connectivity index (χ0v) is 24.6. The van der Waals surface area contributed by atoms with Gasteiger partial charge in [0.2, 0.25) is 11.8 Å². The van der Waals surface area contributed by atoms with Crippen LogP contribution >= 0.6 is 0 Å². The van der Waals surface area contributed by atoms with Gasteiger partial charge < -0.3 is 25.7 Å². The van der Waals surface area contributed by atoms with E-state index in [0.29, 0.717) is 6.42 Å². The normalized spacial score (nSPS) is 12.8. The van der Waals surface area contributed by atoms with Crippen LogP contribution < -0.4 is 10.6 Å². The Bertz CT molecular complexity index is 1460. The molecule has 2 amide bonds. The molecule has 0 saturated carbocycles. The van der Waals surface area contributed by atoms with Crippen LogP contribution in [-0.4, -0.2) is 44.9 Å². The number of hydrogen-bond donors (Lipinski definition) is 5. The molecule has 2 unspecified atom stereocenters. The zero-order chi connectivity index (χ0) is 29.7. The first-order chi connectivity index (χ1) is 20.5. The van der Waals surface area contributed by atoms with Crippen LogP contribution in [0, 0.1) is 0 Å². The number of aromatic amines is 2. The molecule has 4 rings (SSSR count). The Morgan fingerprint density at radius 1 is 0.690 bits per heavy atom. The van der Waals surface area contributed by atoms with Gasteiger partial charge in [0.15, 0.2) is 0 Å². The molecule has 0 radical (unpaired) electrons. The molecule has 2 aromatic heterocycles. The highest BCUT2D eigenvalue weighted by Gasteiger charge is 2.28. The van der Waals surface area contributed by atoms with Crippen LogP contribution in [0.5, 0.6) is 0 Å². The summed E-state index contributed by atoms with van der Waals surface area (Å²) in [7, 11) is 0. The quantitative estimate of drug-likeness (QED) is 0.0883. The van der Waals surface area contributed by atoms with E-state index in [1.807, 2.05) is 54.7 Å². The number of unbranched alkanes of at least 4 members (excludes halogenated alkanes) is 8. The van der Waals surface area contributed by atoms with Crippen LogP contribution in [0.2, 0.25) is 0 Å². The van der Waals surface area contributed by atoms with Crippen LogP contribution in [0.1, 0.15) is 82.3 Å². The minimum absolute atomic E-state index is 0.122. The first-order valence-corrected chi connectivity index (χ1v) is 15.4. The van der Waals surface area contributed by atoms with Gasteiger partial charge in [-0.15, -0.1) is 0 Å². The summed E-state index contributed by atoms with van der Waals surface area (Å²) in [6, 6.07) is 13.4. The number of carboxylic acid groups (broad SMARTS) is 1. The van der Waals surface area contributed by atoms with Gasteiger partial charge in [0.25, 0.3) is 0 Å². The van der Waals surface area contributed by atoms with Crippen LogP contribution in [0.25, 0.3) is 21.8 Å². The lowest BCUT2D eigenvalue weighted by molar-refractivity contribution is -0.142. The van der Waals surface area contributed by atoms with Gasteiger partial charge in [-0.05, 0) is 29.7 Å². The van der Waals surface area contributed by atoms with E-state index in [1.54, 1.807) is 6.20 Å². The number of H-pyrrole nitrogens is 2. The molecule has 224 valence electrons. The Hall–Kier alpha value is -4.07. The monoisotopic (exact) mass is 572 g/mol. The molecule has 8 nitrogen and oxygen atoms in total. The van der Waals surface area contributed by atoms with E-state index in [1.165, 1.54) is 38.5 Å². The van der Waals surface area contributed by atoms with Crippen molar-refractivity contribution < 1.29 is 19.5 Å². The van der Waals surface area contributed by atoms with Crippen LogP contribution in [-0.2, 0) is 27.2 Å². The lowest BCUT2D eigenvalue weighted by Gasteiger charge is -2.21. The third kappa shape index (κ3) is 8.71. The average Bonchev–Trinajstić information content (AvgIpc) is 3.59. The van der Waals surface area contributed by atoms with E-state index in [4.69, 9.17) is 0 Å². The van der Waals surface area contributed by atoms with Crippen molar-refractivity contribution in [1.82, 2.24) is 20.6 Å². The topological polar surface area (TPSA) is 127 Å². The second-order valence-electron chi connectivity index (χ2n) is 11.2. The lowest BCUT2D eigenvalue weighted by Crippen LogP contribution is -2.53. The second kappa shape index (κ2) is 15.8. The maximum atomic E-state index is 13.6. The molecule has 8 heteroatoms. The number of carbonyl (C=O) groups excluding carboxylic acids is 2. The number of aromatic nitrogens is 2. The number of carbonyl (C=O) groups is 3. The van der Waals surface area contributed by atoms with Gasteiger partial charge >= 0.3 is 5.97 Å². The van der Waals surface area contributed by atoms with Crippen molar-refractivity contribution in [3.05, 3.63) is 72.1 Å². The van der Waals surface area contributed by atoms with Crippen molar-refractivity contribution in [3.63, 3.8) is 0 Å². The molecule has 0 bridgehead atoms. The molecule has 0 fully saturated rings. The third-order valence-electron chi connectivity index (χ3n) is 7.97. The summed E-state index contributed by atoms with van der Waals surface area (Å²) in [5.41, 5.74) is 3.54. The first-order valence-electron chi connectivity index (χ1n) is 15.4. The summed E-state index contributed by atoms with van der Waals surface area (Å²) in [5.74, 6) is -1.82. The van der Waals surface area contributed by atoms with Crippen molar-refractivity contribution in [2.24, 2.45) is 0 Å². The number of fused-ring (bicyclic) bond motifs is 2. The number of carboxylic acids is 1. The summed E-state index contributed by atoms with van der Waals surface area (Å²) in [6.07, 6.45) is 14.7. The summed E-state index contributed by atoms with van der Waals surface area (Å²) in [5, 5.41) is 17.5. The highest BCUT2D eigenvalue weighted by Crippen LogP contribution is 2.21. The third-order valence-corrected chi connectivity index (χ3v) is 7.97. The lowest BCUT2D eigenvalue weighted by atomic mass is 10.0. The number of nitrogens with one attached hydrogen (secondary N) is 4. The van der Waals surface area contributed by atoms with Gasteiger partial charge in [-0.1, -0.05) is 94.7 Å². The second-order valence-corrected chi connectivity index (χ2v) is 11.2. The SMILES string of the molecule is CCCCCCCCCCCC(=O)NC(Cc1c[nH]c2ccccc12)C(=O)NC(Cc1c[nH]c2ccccc12)C(=O)O. The minimum atomic E-state index is -1.14. The standard InChI is InChI=1S/C34H44N4O4/c1-2-3-4-5-6-7-8-9-10-19-32(39)37-30(20-24-22-35-28-17-13-11-15-26(24)28)33(40)38-31(34(41)42)21-25-23-36-29-18-14-12-16-27(25)29/h11-18,22-23,30-31,35-36H,2-10,19-21H2,1H3,(H,37,39)(H,38,40)(H,41,42).